The molecule has 0 radical (unpaired) electrons. The van der Waals surface area contributed by atoms with E-state index in [0.29, 0.717) is 10.6 Å². The number of hydrogen-bond donors (Lipinski definition) is 1. The van der Waals surface area contributed by atoms with E-state index in [1.54, 1.807) is 22.7 Å². The molecule has 0 bridgehead atoms. The molecule has 0 aromatic carbocycles. The molecule has 0 aliphatic carbocycles. The third kappa shape index (κ3) is 2.21. The first-order valence-corrected chi connectivity index (χ1v) is 9.05. The van der Waals surface area contributed by atoms with Crippen molar-refractivity contribution < 1.29 is 0 Å². The maximum atomic E-state index is 9.24. The van der Waals surface area contributed by atoms with Crippen LogP contribution >= 0.6 is 49.9 Å². The van der Waals surface area contributed by atoms with E-state index in [1.807, 2.05) is 17.5 Å². The molecule has 3 aromatic heterocycles. The van der Waals surface area contributed by atoms with Crippen LogP contribution in [-0.2, 0) is 0 Å². The van der Waals surface area contributed by atoms with Gasteiger partial charge in [0.2, 0.25) is 0 Å². The van der Waals surface area contributed by atoms with Crippen molar-refractivity contribution in [3.8, 4) is 26.3 Å². The summed E-state index contributed by atoms with van der Waals surface area (Å²) >= 11 is 8.35. The van der Waals surface area contributed by atoms with Crippen molar-refractivity contribution in [2.45, 2.75) is 6.92 Å². The van der Waals surface area contributed by atoms with E-state index >= 15 is 0 Å². The number of halogens is 1. The minimum Gasteiger partial charge on any atom is -0.396 e. The number of thiophene rings is 3. The Morgan fingerprint density at radius 1 is 1.30 bits per heavy atom. The zero-order chi connectivity index (χ0) is 14.3. The molecule has 0 aliphatic rings. The third-order valence-electron chi connectivity index (χ3n) is 2.90. The lowest BCUT2D eigenvalue weighted by Crippen LogP contribution is -1.87. The van der Waals surface area contributed by atoms with Crippen LogP contribution in [0.3, 0.4) is 0 Å². The van der Waals surface area contributed by atoms with Crippen molar-refractivity contribution in [3.63, 3.8) is 0 Å². The summed E-state index contributed by atoms with van der Waals surface area (Å²) in [5.74, 6) is 0. The Morgan fingerprint density at radius 2 is 2.10 bits per heavy atom. The van der Waals surface area contributed by atoms with Gasteiger partial charge in [-0.25, -0.2) is 0 Å². The average molecular weight is 381 g/mol. The van der Waals surface area contributed by atoms with Gasteiger partial charge in [-0.2, -0.15) is 5.26 Å². The lowest BCUT2D eigenvalue weighted by Gasteiger charge is -2.00. The van der Waals surface area contributed by atoms with E-state index in [0.717, 1.165) is 24.0 Å². The maximum Gasteiger partial charge on any atom is 0.129 e. The molecule has 0 aliphatic heterocycles. The number of nitrogen functional groups attached to an aromatic ring is 1. The molecule has 2 nitrogen and oxygen atoms in total. The minimum atomic E-state index is 0.588. The molecule has 0 amide bonds. The molecule has 100 valence electrons. The number of nitrogens with two attached hydrogens (primary N) is 1. The Kier molecular flexibility index (Phi) is 3.69. The molecule has 0 saturated heterocycles. The molecule has 3 rings (SSSR count). The zero-order valence-electron chi connectivity index (χ0n) is 10.4. The van der Waals surface area contributed by atoms with Crippen LogP contribution in [0.2, 0.25) is 0 Å². The van der Waals surface area contributed by atoms with E-state index < -0.39 is 0 Å². The Hall–Kier alpha value is -1.13. The fourth-order valence-corrected chi connectivity index (χ4v) is 5.47. The number of hydrogen-bond acceptors (Lipinski definition) is 5. The van der Waals surface area contributed by atoms with Crippen LogP contribution in [0.4, 0.5) is 5.69 Å². The number of nitrogens with zero attached hydrogens (tertiary/aromatic N) is 1. The van der Waals surface area contributed by atoms with Gasteiger partial charge in [0.1, 0.15) is 10.9 Å². The molecule has 3 aromatic rings. The molecule has 0 spiro atoms. The lowest BCUT2D eigenvalue weighted by molar-refractivity contribution is 1.52. The molecule has 6 heteroatoms. The average Bonchev–Trinajstić information content (AvgIpc) is 3.10. The topological polar surface area (TPSA) is 49.8 Å². The van der Waals surface area contributed by atoms with Crippen molar-refractivity contribution in [1.29, 1.82) is 5.26 Å². The summed E-state index contributed by atoms with van der Waals surface area (Å²) in [6.07, 6.45) is 0. The molecule has 0 atom stereocenters. The highest BCUT2D eigenvalue weighted by atomic mass is 79.9. The van der Waals surface area contributed by atoms with Gasteiger partial charge >= 0.3 is 0 Å². The van der Waals surface area contributed by atoms with Crippen molar-refractivity contribution >= 4 is 55.6 Å². The zero-order valence-corrected chi connectivity index (χ0v) is 14.5. The summed E-state index contributed by atoms with van der Waals surface area (Å²) in [4.78, 5) is 3.93. The Balaban J connectivity index is 2.28. The van der Waals surface area contributed by atoms with Gasteiger partial charge in [0.15, 0.2) is 0 Å². The van der Waals surface area contributed by atoms with Gasteiger partial charge in [0.05, 0.1) is 14.4 Å². The van der Waals surface area contributed by atoms with Gasteiger partial charge in [0, 0.05) is 15.3 Å². The predicted octanol–water partition coefficient (Wildman–Crippen LogP) is 5.73. The molecule has 20 heavy (non-hydrogen) atoms. The Morgan fingerprint density at radius 3 is 2.65 bits per heavy atom. The Labute approximate surface area is 137 Å². The molecular weight excluding hydrogens is 372 g/mol. The Bertz CT molecular complexity index is 787. The van der Waals surface area contributed by atoms with Crippen molar-refractivity contribution in [2.75, 3.05) is 5.73 Å². The second-order valence-electron chi connectivity index (χ2n) is 4.21. The SMILES string of the molecule is Cc1cc(-c2sc(C#N)c(N)c2-c2cccs2)sc1Br. The van der Waals surface area contributed by atoms with Crippen LogP contribution in [0.15, 0.2) is 27.4 Å². The van der Waals surface area contributed by atoms with Crippen LogP contribution in [0.25, 0.3) is 20.2 Å². The van der Waals surface area contributed by atoms with Crippen LogP contribution in [0.5, 0.6) is 0 Å². The van der Waals surface area contributed by atoms with Gasteiger partial charge < -0.3 is 5.73 Å². The monoisotopic (exact) mass is 380 g/mol. The first kappa shape index (κ1) is 13.8. The quantitative estimate of drug-likeness (QED) is 0.616. The maximum absolute atomic E-state index is 9.24. The summed E-state index contributed by atoms with van der Waals surface area (Å²) in [5.41, 5.74) is 8.97. The van der Waals surface area contributed by atoms with Crippen molar-refractivity contribution in [1.82, 2.24) is 0 Å². The van der Waals surface area contributed by atoms with Gasteiger partial charge in [-0.15, -0.1) is 34.0 Å². The van der Waals surface area contributed by atoms with E-state index in [4.69, 9.17) is 5.73 Å². The normalized spacial score (nSPS) is 10.7. The van der Waals surface area contributed by atoms with E-state index in [9.17, 15) is 5.26 Å². The molecule has 3 heterocycles. The standard InChI is InChI=1S/C14H9BrN2S3/c1-7-5-9(20-14(7)15)13-11(8-3-2-4-18-8)12(17)10(6-16)19-13/h2-5H,17H2,1H3. The van der Waals surface area contributed by atoms with Gasteiger partial charge in [-0.1, -0.05) is 6.07 Å². The van der Waals surface area contributed by atoms with E-state index in [2.05, 4.69) is 35.0 Å². The molecule has 0 fully saturated rings. The number of aryl methyl sites for hydroxylation is 1. The summed E-state index contributed by atoms with van der Waals surface area (Å²) in [6, 6.07) is 8.38. The third-order valence-corrected chi connectivity index (χ3v) is 7.21. The summed E-state index contributed by atoms with van der Waals surface area (Å²) in [5, 5.41) is 11.3. The predicted molar refractivity (Wildman–Crippen MR) is 92.5 cm³/mol. The highest BCUT2D eigenvalue weighted by molar-refractivity contribution is 9.11. The lowest BCUT2D eigenvalue weighted by atomic mass is 10.1. The smallest absolute Gasteiger partial charge is 0.129 e. The number of anilines is 1. The van der Waals surface area contributed by atoms with Crippen molar-refractivity contribution in [2.24, 2.45) is 0 Å². The van der Waals surface area contributed by atoms with E-state index in [-0.39, 0.29) is 0 Å². The van der Waals surface area contributed by atoms with Crippen LogP contribution in [0.1, 0.15) is 10.4 Å². The first-order valence-electron chi connectivity index (χ1n) is 5.74. The molecule has 2 N–H and O–H groups in total. The molecule has 0 unspecified atom stereocenters. The molecule has 0 saturated carbocycles. The number of rotatable bonds is 2. The van der Waals surface area contributed by atoms with Gasteiger partial charge in [-0.05, 0) is 45.9 Å². The first-order chi connectivity index (χ1) is 9.61. The fraction of sp³-hybridized carbons (Fsp3) is 0.0714. The minimum absolute atomic E-state index is 0.588. The second-order valence-corrected chi connectivity index (χ2v) is 8.54. The van der Waals surface area contributed by atoms with Gasteiger partial charge in [-0.3, -0.25) is 0 Å². The molecular formula is C14H9BrN2S3. The largest absolute Gasteiger partial charge is 0.396 e. The van der Waals surface area contributed by atoms with Crippen LogP contribution < -0.4 is 5.73 Å². The highest BCUT2D eigenvalue weighted by Crippen LogP contribution is 2.49. The summed E-state index contributed by atoms with van der Waals surface area (Å²) in [7, 11) is 0. The fourth-order valence-electron chi connectivity index (χ4n) is 1.94. The second kappa shape index (κ2) is 5.34. The van der Waals surface area contributed by atoms with E-state index in [1.165, 1.54) is 16.9 Å². The summed E-state index contributed by atoms with van der Waals surface area (Å²) in [6.45, 7) is 2.07. The number of nitriles is 1. The highest BCUT2D eigenvalue weighted by Gasteiger charge is 2.21. The summed E-state index contributed by atoms with van der Waals surface area (Å²) < 4.78 is 1.12. The van der Waals surface area contributed by atoms with Crippen LogP contribution in [0, 0.1) is 18.3 Å². The van der Waals surface area contributed by atoms with Crippen LogP contribution in [-0.4, -0.2) is 0 Å². The van der Waals surface area contributed by atoms with Gasteiger partial charge in [0.25, 0.3) is 0 Å². The van der Waals surface area contributed by atoms with Crippen molar-refractivity contribution in [3.05, 3.63) is 37.8 Å².